The number of fused-ring (bicyclic) bond motifs is 1. The van der Waals surface area contributed by atoms with E-state index >= 15 is 0 Å². The molecule has 0 saturated carbocycles. The van der Waals surface area contributed by atoms with Crippen LogP contribution in [0.5, 0.6) is 5.75 Å². The smallest absolute Gasteiger partial charge is 0.317 e. The number of nitrogens with one attached hydrogen (secondary N) is 1. The number of urea groups is 1. The summed E-state index contributed by atoms with van der Waals surface area (Å²) in [5, 5.41) is 3.13. The van der Waals surface area contributed by atoms with E-state index in [1.54, 1.807) is 7.11 Å². The molecule has 0 atom stereocenters. The minimum absolute atomic E-state index is 0.0158. The molecule has 1 N–H and O–H groups in total. The first-order valence-electron chi connectivity index (χ1n) is 9.21. The van der Waals surface area contributed by atoms with Crippen molar-refractivity contribution in [3.05, 3.63) is 29.8 Å². The van der Waals surface area contributed by atoms with E-state index in [-0.39, 0.29) is 6.03 Å². The van der Waals surface area contributed by atoms with E-state index in [9.17, 15) is 4.79 Å². The average Bonchev–Trinajstić information content (AvgIpc) is 2.87. The maximum absolute atomic E-state index is 12.5. The standard InChI is InChI=1S/C19H29N3O3/c1-24-12-10-21-8-6-16(7-9-21)14-20-19(23)22-11-13-25-18-5-3-2-4-17(18)15-22/h2-5,16H,6-15H2,1H3,(H,20,23). The van der Waals surface area contributed by atoms with E-state index in [0.29, 0.717) is 25.6 Å². The highest BCUT2D eigenvalue weighted by Gasteiger charge is 2.22. The number of benzene rings is 1. The van der Waals surface area contributed by atoms with Gasteiger partial charge < -0.3 is 24.6 Å². The molecule has 1 fully saturated rings. The second kappa shape index (κ2) is 9.06. The molecule has 2 heterocycles. The molecule has 6 nitrogen and oxygen atoms in total. The summed E-state index contributed by atoms with van der Waals surface area (Å²) in [6.45, 7) is 6.51. The number of amides is 2. The molecule has 0 radical (unpaired) electrons. The van der Waals surface area contributed by atoms with E-state index in [1.165, 1.54) is 0 Å². The lowest BCUT2D eigenvalue weighted by Gasteiger charge is -2.32. The molecule has 0 bridgehead atoms. The zero-order chi connectivity index (χ0) is 17.5. The predicted octanol–water partition coefficient (Wildman–Crippen LogP) is 1.95. The minimum Gasteiger partial charge on any atom is -0.491 e. The van der Waals surface area contributed by atoms with Gasteiger partial charge in [-0.2, -0.15) is 0 Å². The summed E-state index contributed by atoms with van der Waals surface area (Å²) < 4.78 is 10.9. The molecule has 0 unspecified atom stereocenters. The van der Waals surface area contributed by atoms with Crippen LogP contribution < -0.4 is 10.1 Å². The van der Waals surface area contributed by atoms with Gasteiger partial charge in [-0.3, -0.25) is 0 Å². The van der Waals surface area contributed by atoms with E-state index in [1.807, 2.05) is 29.2 Å². The van der Waals surface area contributed by atoms with Gasteiger partial charge in [0.2, 0.25) is 0 Å². The number of para-hydroxylation sites is 1. The zero-order valence-corrected chi connectivity index (χ0v) is 15.1. The van der Waals surface area contributed by atoms with Gasteiger partial charge in [-0.25, -0.2) is 4.79 Å². The van der Waals surface area contributed by atoms with Crippen LogP contribution in [0.3, 0.4) is 0 Å². The summed E-state index contributed by atoms with van der Waals surface area (Å²) >= 11 is 0. The summed E-state index contributed by atoms with van der Waals surface area (Å²) in [4.78, 5) is 16.8. The van der Waals surface area contributed by atoms with Gasteiger partial charge in [0, 0.05) is 25.8 Å². The van der Waals surface area contributed by atoms with E-state index < -0.39 is 0 Å². The lowest BCUT2D eigenvalue weighted by Crippen LogP contribution is -2.44. The molecular formula is C19H29N3O3. The Kier molecular flexibility index (Phi) is 6.53. The number of carbonyl (C=O) groups excluding carboxylic acids is 1. The number of methoxy groups -OCH3 is 1. The van der Waals surface area contributed by atoms with Crippen LogP contribution >= 0.6 is 0 Å². The van der Waals surface area contributed by atoms with Gasteiger partial charge in [0.25, 0.3) is 0 Å². The van der Waals surface area contributed by atoms with Gasteiger partial charge in [0.1, 0.15) is 12.4 Å². The van der Waals surface area contributed by atoms with Gasteiger partial charge in [0.15, 0.2) is 0 Å². The molecule has 6 heteroatoms. The van der Waals surface area contributed by atoms with Crippen LogP contribution in [-0.2, 0) is 11.3 Å². The summed E-state index contributed by atoms with van der Waals surface area (Å²) in [6.07, 6.45) is 2.27. The van der Waals surface area contributed by atoms with Crippen molar-refractivity contribution in [3.63, 3.8) is 0 Å². The second-order valence-electron chi connectivity index (χ2n) is 6.84. The Labute approximate surface area is 150 Å². The van der Waals surface area contributed by atoms with Crippen LogP contribution in [0, 0.1) is 5.92 Å². The molecule has 0 spiro atoms. The maximum atomic E-state index is 12.5. The molecule has 0 aliphatic carbocycles. The third-order valence-electron chi connectivity index (χ3n) is 5.10. The molecule has 0 aromatic heterocycles. The van der Waals surface area contributed by atoms with Gasteiger partial charge in [-0.15, -0.1) is 0 Å². The SMILES string of the molecule is COCCN1CCC(CNC(=O)N2CCOc3ccccc3C2)CC1. The topological polar surface area (TPSA) is 54.0 Å². The number of hydrogen-bond acceptors (Lipinski definition) is 4. The molecule has 2 aliphatic heterocycles. The molecule has 1 saturated heterocycles. The normalized spacial score (nSPS) is 19.0. The van der Waals surface area contributed by atoms with E-state index in [0.717, 1.165) is 56.9 Å². The van der Waals surface area contributed by atoms with Crippen LogP contribution in [0.15, 0.2) is 24.3 Å². The van der Waals surface area contributed by atoms with E-state index in [2.05, 4.69) is 10.2 Å². The van der Waals surface area contributed by atoms with Gasteiger partial charge in [-0.1, -0.05) is 18.2 Å². The van der Waals surface area contributed by atoms with Crippen LogP contribution in [-0.4, -0.2) is 68.9 Å². The molecule has 2 amide bonds. The molecule has 1 aromatic rings. The summed E-state index contributed by atoms with van der Waals surface area (Å²) in [5.41, 5.74) is 1.07. The maximum Gasteiger partial charge on any atom is 0.317 e. The molecule has 1 aromatic carbocycles. The van der Waals surface area contributed by atoms with Crippen LogP contribution in [0.25, 0.3) is 0 Å². The highest BCUT2D eigenvalue weighted by molar-refractivity contribution is 5.74. The fraction of sp³-hybridized carbons (Fsp3) is 0.632. The Morgan fingerprint density at radius 2 is 2.08 bits per heavy atom. The van der Waals surface area contributed by atoms with Crippen LogP contribution in [0.4, 0.5) is 4.79 Å². The number of hydrogen-bond donors (Lipinski definition) is 1. The van der Waals surface area contributed by atoms with Crippen molar-refractivity contribution in [1.29, 1.82) is 0 Å². The summed E-state index contributed by atoms with van der Waals surface area (Å²) in [5.74, 6) is 1.46. The van der Waals surface area contributed by atoms with Crippen molar-refractivity contribution in [3.8, 4) is 5.75 Å². The Hall–Kier alpha value is -1.79. The van der Waals surface area contributed by atoms with Crippen molar-refractivity contribution in [2.24, 2.45) is 5.92 Å². The number of nitrogens with zero attached hydrogens (tertiary/aromatic N) is 2. The quantitative estimate of drug-likeness (QED) is 0.885. The van der Waals surface area contributed by atoms with Crippen molar-refractivity contribution >= 4 is 6.03 Å². The molecule has 25 heavy (non-hydrogen) atoms. The monoisotopic (exact) mass is 347 g/mol. The largest absolute Gasteiger partial charge is 0.491 e. The molecule has 138 valence electrons. The third-order valence-corrected chi connectivity index (χ3v) is 5.10. The summed E-state index contributed by atoms with van der Waals surface area (Å²) in [7, 11) is 1.74. The van der Waals surface area contributed by atoms with Gasteiger partial charge in [-0.05, 0) is 37.9 Å². The number of rotatable bonds is 5. The second-order valence-corrected chi connectivity index (χ2v) is 6.84. The van der Waals surface area contributed by atoms with Gasteiger partial charge >= 0.3 is 6.03 Å². The highest BCUT2D eigenvalue weighted by atomic mass is 16.5. The first-order valence-corrected chi connectivity index (χ1v) is 9.21. The fourth-order valence-electron chi connectivity index (χ4n) is 3.48. The number of likely N-dealkylation sites (tertiary alicyclic amines) is 1. The van der Waals surface area contributed by atoms with Crippen molar-refractivity contribution in [2.75, 3.05) is 53.0 Å². The molecule has 2 aliphatic rings. The Morgan fingerprint density at radius 1 is 1.28 bits per heavy atom. The number of carbonyl (C=O) groups is 1. The Morgan fingerprint density at radius 3 is 2.88 bits per heavy atom. The van der Waals surface area contributed by atoms with Crippen molar-refractivity contribution in [1.82, 2.24) is 15.1 Å². The van der Waals surface area contributed by atoms with E-state index in [4.69, 9.17) is 9.47 Å². The average molecular weight is 347 g/mol. The van der Waals surface area contributed by atoms with Crippen molar-refractivity contribution < 1.29 is 14.3 Å². The Bertz CT molecular complexity index is 559. The van der Waals surface area contributed by atoms with Crippen LogP contribution in [0.1, 0.15) is 18.4 Å². The highest BCUT2D eigenvalue weighted by Crippen LogP contribution is 2.22. The first kappa shape index (κ1) is 18.0. The number of piperidine rings is 1. The summed E-state index contributed by atoms with van der Waals surface area (Å²) in [6, 6.07) is 7.96. The lowest BCUT2D eigenvalue weighted by atomic mass is 9.97. The first-order chi connectivity index (χ1) is 12.3. The third kappa shape index (κ3) is 5.09. The van der Waals surface area contributed by atoms with Crippen LogP contribution in [0.2, 0.25) is 0 Å². The lowest BCUT2D eigenvalue weighted by molar-refractivity contribution is 0.119. The Balaban J connectivity index is 1.42. The molecule has 3 rings (SSSR count). The number of ether oxygens (including phenoxy) is 2. The predicted molar refractivity (Wildman–Crippen MR) is 96.8 cm³/mol. The van der Waals surface area contributed by atoms with Crippen molar-refractivity contribution in [2.45, 2.75) is 19.4 Å². The minimum atomic E-state index is 0.0158. The fourth-order valence-corrected chi connectivity index (χ4v) is 3.48. The van der Waals surface area contributed by atoms with Gasteiger partial charge in [0.05, 0.1) is 19.7 Å². The zero-order valence-electron chi connectivity index (χ0n) is 15.1. The molecular weight excluding hydrogens is 318 g/mol.